The maximum absolute atomic E-state index is 13.1. The van der Waals surface area contributed by atoms with Crippen LogP contribution in [0.15, 0.2) is 22.7 Å². The summed E-state index contributed by atoms with van der Waals surface area (Å²) in [6.07, 6.45) is -4.33. The van der Waals surface area contributed by atoms with Crippen molar-refractivity contribution in [3.05, 3.63) is 28.2 Å². The summed E-state index contributed by atoms with van der Waals surface area (Å²) in [7, 11) is 0. The summed E-state index contributed by atoms with van der Waals surface area (Å²) in [6, 6.07) is 4.33. The summed E-state index contributed by atoms with van der Waals surface area (Å²) in [5, 5.41) is 3.27. The number of rotatable bonds is 1. The Hall–Kier alpha value is -0.750. The Morgan fingerprint density at radius 2 is 2.00 bits per heavy atom. The third kappa shape index (κ3) is 3.23. The van der Waals surface area contributed by atoms with Crippen LogP contribution in [0.1, 0.15) is 19.4 Å². The zero-order valence-corrected chi connectivity index (χ0v) is 12.3. The standard InChI is InChI=1S/C13H16BrF3N2/c1-8-7-19(9(2)6-18-8)12-5-10(14)3-4-11(12)13(15,16)17/h3-5,8-9,18H,6-7H2,1-2H3. The first-order chi connectivity index (χ1) is 8.79. The molecule has 0 amide bonds. The van der Waals surface area contributed by atoms with Gasteiger partial charge in [-0.05, 0) is 32.0 Å². The molecular formula is C13H16BrF3N2. The van der Waals surface area contributed by atoms with Gasteiger partial charge in [0.2, 0.25) is 0 Å². The SMILES string of the molecule is CC1CN(c2cc(Br)ccc2C(F)(F)F)C(C)CN1. The molecule has 2 atom stereocenters. The third-order valence-electron chi connectivity index (χ3n) is 3.34. The first-order valence-corrected chi connectivity index (χ1v) is 6.95. The van der Waals surface area contributed by atoms with Crippen LogP contribution in [0.2, 0.25) is 0 Å². The molecule has 2 nitrogen and oxygen atoms in total. The van der Waals surface area contributed by atoms with Crippen molar-refractivity contribution < 1.29 is 13.2 Å². The van der Waals surface area contributed by atoms with E-state index in [4.69, 9.17) is 0 Å². The highest BCUT2D eigenvalue weighted by Crippen LogP contribution is 2.39. The van der Waals surface area contributed by atoms with Gasteiger partial charge in [0, 0.05) is 29.6 Å². The molecule has 2 rings (SSSR count). The zero-order valence-electron chi connectivity index (χ0n) is 10.8. The van der Waals surface area contributed by atoms with E-state index in [-0.39, 0.29) is 17.8 Å². The Labute approximate surface area is 119 Å². The molecule has 1 aromatic rings. The molecule has 0 bridgehead atoms. The van der Waals surface area contributed by atoms with Crippen molar-refractivity contribution in [1.29, 1.82) is 0 Å². The van der Waals surface area contributed by atoms with Gasteiger partial charge in [-0.1, -0.05) is 15.9 Å². The minimum absolute atomic E-state index is 0.0339. The fourth-order valence-electron chi connectivity index (χ4n) is 2.34. The van der Waals surface area contributed by atoms with E-state index in [2.05, 4.69) is 21.2 Å². The maximum Gasteiger partial charge on any atom is 0.418 e. The number of nitrogens with zero attached hydrogens (tertiary/aromatic N) is 1. The van der Waals surface area contributed by atoms with Crippen molar-refractivity contribution >= 4 is 21.6 Å². The highest BCUT2D eigenvalue weighted by atomic mass is 79.9. The van der Waals surface area contributed by atoms with Crippen molar-refractivity contribution in [2.24, 2.45) is 0 Å². The summed E-state index contributed by atoms with van der Waals surface area (Å²) in [4.78, 5) is 1.83. The van der Waals surface area contributed by atoms with Crippen molar-refractivity contribution in [3.8, 4) is 0 Å². The van der Waals surface area contributed by atoms with Crippen LogP contribution in [0.4, 0.5) is 18.9 Å². The molecule has 0 spiro atoms. The van der Waals surface area contributed by atoms with Crippen molar-refractivity contribution in [2.75, 3.05) is 18.0 Å². The smallest absolute Gasteiger partial charge is 0.365 e. The molecule has 0 radical (unpaired) electrons. The van der Waals surface area contributed by atoms with Gasteiger partial charge in [0.1, 0.15) is 0 Å². The van der Waals surface area contributed by atoms with Gasteiger partial charge in [0.05, 0.1) is 11.3 Å². The van der Waals surface area contributed by atoms with Gasteiger partial charge in [-0.25, -0.2) is 0 Å². The quantitative estimate of drug-likeness (QED) is 0.842. The minimum atomic E-state index is -4.33. The van der Waals surface area contributed by atoms with Gasteiger partial charge in [0.25, 0.3) is 0 Å². The zero-order chi connectivity index (χ0) is 14.2. The topological polar surface area (TPSA) is 15.3 Å². The number of anilines is 1. The second-order valence-electron chi connectivity index (χ2n) is 4.97. The number of benzene rings is 1. The molecule has 1 aromatic carbocycles. The van der Waals surface area contributed by atoms with E-state index in [1.807, 2.05) is 18.7 Å². The number of piperazine rings is 1. The van der Waals surface area contributed by atoms with Gasteiger partial charge in [-0.15, -0.1) is 0 Å². The molecule has 1 N–H and O–H groups in total. The molecule has 0 saturated carbocycles. The lowest BCUT2D eigenvalue weighted by molar-refractivity contribution is -0.137. The third-order valence-corrected chi connectivity index (χ3v) is 3.83. The second kappa shape index (κ2) is 5.32. The predicted molar refractivity (Wildman–Crippen MR) is 73.4 cm³/mol. The Morgan fingerprint density at radius 1 is 1.32 bits per heavy atom. The van der Waals surface area contributed by atoms with E-state index in [0.717, 1.165) is 6.07 Å². The van der Waals surface area contributed by atoms with Crippen LogP contribution in [0.25, 0.3) is 0 Å². The van der Waals surface area contributed by atoms with E-state index in [0.29, 0.717) is 17.6 Å². The van der Waals surface area contributed by atoms with E-state index in [1.54, 1.807) is 6.07 Å². The van der Waals surface area contributed by atoms with Crippen LogP contribution in [0.5, 0.6) is 0 Å². The predicted octanol–water partition coefficient (Wildman–Crippen LogP) is 3.65. The molecule has 19 heavy (non-hydrogen) atoms. The van der Waals surface area contributed by atoms with Crippen molar-refractivity contribution in [1.82, 2.24) is 5.32 Å². The summed E-state index contributed by atoms with van der Waals surface area (Å²) in [6.45, 7) is 5.16. The molecule has 1 fully saturated rings. The number of alkyl halides is 3. The molecule has 1 saturated heterocycles. The number of nitrogens with one attached hydrogen (secondary N) is 1. The fourth-order valence-corrected chi connectivity index (χ4v) is 2.69. The molecule has 1 aliphatic heterocycles. The van der Waals surface area contributed by atoms with Crippen molar-refractivity contribution in [2.45, 2.75) is 32.1 Å². The first-order valence-electron chi connectivity index (χ1n) is 6.16. The molecule has 1 heterocycles. The van der Waals surface area contributed by atoms with E-state index >= 15 is 0 Å². The Kier molecular flexibility index (Phi) is 4.11. The maximum atomic E-state index is 13.1. The fraction of sp³-hybridized carbons (Fsp3) is 0.538. The molecule has 106 valence electrons. The van der Waals surface area contributed by atoms with E-state index in [1.165, 1.54) is 6.07 Å². The molecule has 1 aliphatic rings. The molecule has 0 aromatic heterocycles. The number of hydrogen-bond donors (Lipinski definition) is 1. The molecule has 6 heteroatoms. The normalized spacial score (nSPS) is 24.6. The van der Waals surface area contributed by atoms with Crippen LogP contribution in [-0.4, -0.2) is 25.2 Å². The lowest BCUT2D eigenvalue weighted by atomic mass is 10.1. The summed E-state index contributed by atoms with van der Waals surface area (Å²) < 4.78 is 40.0. The van der Waals surface area contributed by atoms with Crippen LogP contribution in [0.3, 0.4) is 0 Å². The van der Waals surface area contributed by atoms with E-state index in [9.17, 15) is 13.2 Å². The van der Waals surface area contributed by atoms with Crippen LogP contribution in [0, 0.1) is 0 Å². The Morgan fingerprint density at radius 3 is 2.63 bits per heavy atom. The largest absolute Gasteiger partial charge is 0.418 e. The minimum Gasteiger partial charge on any atom is -0.365 e. The lowest BCUT2D eigenvalue weighted by Gasteiger charge is -2.40. The van der Waals surface area contributed by atoms with Gasteiger partial charge < -0.3 is 10.2 Å². The second-order valence-corrected chi connectivity index (χ2v) is 5.89. The number of hydrogen-bond acceptors (Lipinski definition) is 2. The number of halogens is 4. The summed E-state index contributed by atoms with van der Waals surface area (Å²) in [5.74, 6) is 0. The van der Waals surface area contributed by atoms with Crippen LogP contribution < -0.4 is 10.2 Å². The highest BCUT2D eigenvalue weighted by molar-refractivity contribution is 9.10. The van der Waals surface area contributed by atoms with Gasteiger partial charge >= 0.3 is 6.18 Å². The van der Waals surface area contributed by atoms with Crippen LogP contribution in [-0.2, 0) is 6.18 Å². The molecule has 0 aliphatic carbocycles. The lowest BCUT2D eigenvalue weighted by Crippen LogP contribution is -2.54. The van der Waals surface area contributed by atoms with Gasteiger partial charge in [-0.2, -0.15) is 13.2 Å². The highest BCUT2D eigenvalue weighted by Gasteiger charge is 2.36. The Balaban J connectivity index is 2.44. The van der Waals surface area contributed by atoms with Gasteiger partial charge in [0.15, 0.2) is 0 Å². The van der Waals surface area contributed by atoms with E-state index < -0.39 is 11.7 Å². The average Bonchev–Trinajstić information content (AvgIpc) is 2.30. The average molecular weight is 337 g/mol. The van der Waals surface area contributed by atoms with Crippen LogP contribution >= 0.6 is 15.9 Å². The molecular weight excluding hydrogens is 321 g/mol. The monoisotopic (exact) mass is 336 g/mol. The summed E-state index contributed by atoms with van der Waals surface area (Å²) >= 11 is 3.26. The molecule has 2 unspecified atom stereocenters. The first kappa shape index (κ1) is 14.7. The van der Waals surface area contributed by atoms with Crippen molar-refractivity contribution in [3.63, 3.8) is 0 Å². The summed E-state index contributed by atoms with van der Waals surface area (Å²) in [5.41, 5.74) is -0.320. The van der Waals surface area contributed by atoms with Gasteiger partial charge in [-0.3, -0.25) is 0 Å². The Bertz CT molecular complexity index is 462.